The van der Waals surface area contributed by atoms with Crippen molar-refractivity contribution in [2.75, 3.05) is 0 Å². The van der Waals surface area contributed by atoms with Crippen molar-refractivity contribution in [2.24, 2.45) is 5.73 Å². The molecule has 1 fully saturated rings. The fourth-order valence-corrected chi connectivity index (χ4v) is 2.35. The van der Waals surface area contributed by atoms with Gasteiger partial charge in [-0.25, -0.2) is 4.98 Å². The van der Waals surface area contributed by atoms with E-state index in [1.807, 2.05) is 13.8 Å². The molecule has 0 amide bonds. The lowest BCUT2D eigenvalue weighted by Crippen LogP contribution is -2.36. The first kappa shape index (κ1) is 12.3. The topological polar surface area (TPSA) is 71.8 Å². The van der Waals surface area contributed by atoms with Crippen LogP contribution in [-0.4, -0.2) is 9.97 Å². The van der Waals surface area contributed by atoms with Gasteiger partial charge in [-0.1, -0.05) is 19.8 Å². The molecule has 2 rings (SSSR count). The molecule has 1 aromatic rings. The van der Waals surface area contributed by atoms with Crippen molar-refractivity contribution in [3.8, 4) is 0 Å². The first-order valence-corrected chi connectivity index (χ1v) is 6.43. The van der Waals surface area contributed by atoms with Crippen LogP contribution >= 0.6 is 0 Å². The Morgan fingerprint density at radius 1 is 1.53 bits per heavy atom. The molecular weight excluding hydrogens is 214 g/mol. The fraction of sp³-hybridized carbons (Fsp3) is 0.692. The van der Waals surface area contributed by atoms with Crippen LogP contribution in [0, 0.1) is 0 Å². The van der Waals surface area contributed by atoms with E-state index in [4.69, 9.17) is 5.73 Å². The van der Waals surface area contributed by atoms with E-state index in [1.165, 1.54) is 12.8 Å². The third-order valence-electron chi connectivity index (χ3n) is 3.81. The van der Waals surface area contributed by atoms with Gasteiger partial charge in [-0.15, -0.1) is 0 Å². The van der Waals surface area contributed by atoms with E-state index in [9.17, 15) is 4.79 Å². The zero-order valence-electron chi connectivity index (χ0n) is 10.6. The molecule has 4 nitrogen and oxygen atoms in total. The summed E-state index contributed by atoms with van der Waals surface area (Å²) in [5, 5.41) is 0. The van der Waals surface area contributed by atoms with Crippen molar-refractivity contribution in [1.82, 2.24) is 9.97 Å². The predicted octanol–water partition coefficient (Wildman–Crippen LogP) is 2.01. The summed E-state index contributed by atoms with van der Waals surface area (Å²) in [4.78, 5) is 19.0. The van der Waals surface area contributed by atoms with Gasteiger partial charge < -0.3 is 10.7 Å². The normalized spacial score (nSPS) is 20.4. The average molecular weight is 235 g/mol. The number of hydrogen-bond acceptors (Lipinski definition) is 3. The molecule has 1 heterocycles. The van der Waals surface area contributed by atoms with Gasteiger partial charge in [-0.2, -0.15) is 0 Å². The van der Waals surface area contributed by atoms with Gasteiger partial charge in [0.25, 0.3) is 5.56 Å². The number of rotatable bonds is 3. The SMILES string of the molecule is CCC(C)(N)c1nc(C2CCCC2)cc(=O)[nH]1. The van der Waals surface area contributed by atoms with Crippen LogP contribution in [0.2, 0.25) is 0 Å². The molecule has 94 valence electrons. The molecule has 1 aromatic heterocycles. The van der Waals surface area contributed by atoms with E-state index >= 15 is 0 Å². The highest BCUT2D eigenvalue weighted by molar-refractivity contribution is 5.13. The smallest absolute Gasteiger partial charge is 0.251 e. The summed E-state index contributed by atoms with van der Waals surface area (Å²) in [6.07, 6.45) is 5.51. The van der Waals surface area contributed by atoms with E-state index in [-0.39, 0.29) is 5.56 Å². The maximum Gasteiger partial charge on any atom is 0.251 e. The Kier molecular flexibility index (Phi) is 3.33. The first-order chi connectivity index (χ1) is 8.03. The van der Waals surface area contributed by atoms with Crippen molar-refractivity contribution in [3.63, 3.8) is 0 Å². The standard InChI is InChI=1S/C13H21N3O/c1-3-13(2,14)12-15-10(8-11(17)16-12)9-6-4-5-7-9/h8-9H,3-7,14H2,1-2H3,(H,15,16,17). The molecule has 0 radical (unpaired) electrons. The molecule has 17 heavy (non-hydrogen) atoms. The number of aromatic amines is 1. The Balaban J connectivity index is 2.38. The van der Waals surface area contributed by atoms with Gasteiger partial charge in [-0.05, 0) is 26.2 Å². The second-order valence-electron chi connectivity index (χ2n) is 5.27. The molecule has 0 saturated heterocycles. The third kappa shape index (κ3) is 2.57. The van der Waals surface area contributed by atoms with Crippen LogP contribution in [0.5, 0.6) is 0 Å². The highest BCUT2D eigenvalue weighted by atomic mass is 16.1. The van der Waals surface area contributed by atoms with Gasteiger partial charge in [0.2, 0.25) is 0 Å². The number of nitrogens with zero attached hydrogens (tertiary/aromatic N) is 1. The van der Waals surface area contributed by atoms with Gasteiger partial charge >= 0.3 is 0 Å². The monoisotopic (exact) mass is 235 g/mol. The lowest BCUT2D eigenvalue weighted by Gasteiger charge is -2.22. The molecule has 1 atom stereocenters. The zero-order valence-corrected chi connectivity index (χ0v) is 10.6. The minimum absolute atomic E-state index is 0.0815. The Morgan fingerprint density at radius 2 is 2.18 bits per heavy atom. The average Bonchev–Trinajstić information content (AvgIpc) is 2.81. The largest absolute Gasteiger partial charge is 0.319 e. The summed E-state index contributed by atoms with van der Waals surface area (Å²) in [6, 6.07) is 1.63. The molecule has 0 aliphatic heterocycles. The lowest BCUT2D eigenvalue weighted by molar-refractivity contribution is 0.439. The highest BCUT2D eigenvalue weighted by Crippen LogP contribution is 2.32. The molecule has 3 N–H and O–H groups in total. The molecule has 1 aliphatic rings. The van der Waals surface area contributed by atoms with Gasteiger partial charge in [0.05, 0.1) is 11.2 Å². The Hall–Kier alpha value is -1.16. The van der Waals surface area contributed by atoms with Crippen molar-refractivity contribution in [2.45, 2.75) is 57.4 Å². The fourth-order valence-electron chi connectivity index (χ4n) is 2.35. The molecule has 4 heteroatoms. The number of nitrogens with one attached hydrogen (secondary N) is 1. The van der Waals surface area contributed by atoms with Crippen molar-refractivity contribution < 1.29 is 0 Å². The maximum atomic E-state index is 11.7. The summed E-state index contributed by atoms with van der Waals surface area (Å²) in [5.41, 5.74) is 6.43. The number of hydrogen-bond donors (Lipinski definition) is 2. The summed E-state index contributed by atoms with van der Waals surface area (Å²) >= 11 is 0. The van der Waals surface area contributed by atoms with Crippen LogP contribution in [0.4, 0.5) is 0 Å². The summed E-state index contributed by atoms with van der Waals surface area (Å²) in [5.74, 6) is 1.07. The molecule has 1 saturated carbocycles. The summed E-state index contributed by atoms with van der Waals surface area (Å²) in [6.45, 7) is 3.91. The third-order valence-corrected chi connectivity index (χ3v) is 3.81. The minimum Gasteiger partial charge on any atom is -0.319 e. The minimum atomic E-state index is -0.548. The Labute approximate surface area is 102 Å². The van der Waals surface area contributed by atoms with Crippen molar-refractivity contribution in [1.29, 1.82) is 0 Å². The first-order valence-electron chi connectivity index (χ1n) is 6.43. The zero-order chi connectivity index (χ0) is 12.5. The van der Waals surface area contributed by atoms with Gasteiger partial charge in [0, 0.05) is 12.0 Å². The van der Waals surface area contributed by atoms with Crippen molar-refractivity contribution >= 4 is 0 Å². The van der Waals surface area contributed by atoms with Crippen LogP contribution < -0.4 is 11.3 Å². The lowest BCUT2D eigenvalue weighted by atomic mass is 9.98. The van der Waals surface area contributed by atoms with E-state index in [0.717, 1.165) is 25.0 Å². The van der Waals surface area contributed by atoms with Crippen LogP contribution in [0.25, 0.3) is 0 Å². The molecule has 1 unspecified atom stereocenters. The second kappa shape index (κ2) is 4.61. The van der Waals surface area contributed by atoms with Gasteiger partial charge in [0.15, 0.2) is 0 Å². The Morgan fingerprint density at radius 3 is 2.76 bits per heavy atom. The van der Waals surface area contributed by atoms with Crippen molar-refractivity contribution in [3.05, 3.63) is 27.9 Å². The summed E-state index contributed by atoms with van der Waals surface area (Å²) in [7, 11) is 0. The number of aromatic nitrogens is 2. The van der Waals surface area contributed by atoms with Gasteiger partial charge in [0.1, 0.15) is 5.82 Å². The van der Waals surface area contributed by atoms with E-state index < -0.39 is 5.54 Å². The number of H-pyrrole nitrogens is 1. The van der Waals surface area contributed by atoms with E-state index in [2.05, 4.69) is 9.97 Å². The predicted molar refractivity (Wildman–Crippen MR) is 67.9 cm³/mol. The highest BCUT2D eigenvalue weighted by Gasteiger charge is 2.25. The quantitative estimate of drug-likeness (QED) is 0.841. The Bertz CT molecular complexity index is 444. The number of nitrogens with two attached hydrogens (primary N) is 1. The van der Waals surface area contributed by atoms with E-state index in [1.54, 1.807) is 6.07 Å². The summed E-state index contributed by atoms with van der Waals surface area (Å²) < 4.78 is 0. The van der Waals surface area contributed by atoms with Gasteiger partial charge in [-0.3, -0.25) is 4.79 Å². The molecule has 1 aliphatic carbocycles. The van der Waals surface area contributed by atoms with Crippen LogP contribution in [0.3, 0.4) is 0 Å². The van der Waals surface area contributed by atoms with E-state index in [0.29, 0.717) is 11.7 Å². The van der Waals surface area contributed by atoms with Crippen LogP contribution in [-0.2, 0) is 5.54 Å². The van der Waals surface area contributed by atoms with Crippen LogP contribution in [0.15, 0.2) is 10.9 Å². The maximum absolute atomic E-state index is 11.7. The molecule has 0 aromatic carbocycles. The van der Waals surface area contributed by atoms with Crippen LogP contribution in [0.1, 0.15) is 63.4 Å². The molecule has 0 spiro atoms. The molecule has 0 bridgehead atoms. The second-order valence-corrected chi connectivity index (χ2v) is 5.27. The molecular formula is C13H21N3O.